The zero-order chi connectivity index (χ0) is 23.9. The van der Waals surface area contributed by atoms with E-state index in [0.717, 1.165) is 0 Å². The molecule has 3 unspecified atom stereocenters. The Hall–Kier alpha value is -1.77. The first-order valence-corrected chi connectivity index (χ1v) is 11.1. The Morgan fingerprint density at radius 1 is 1.00 bits per heavy atom. The van der Waals surface area contributed by atoms with Gasteiger partial charge in [0.15, 0.2) is 5.78 Å². The van der Waals surface area contributed by atoms with Crippen LogP contribution >= 0.6 is 9.39 Å². The summed E-state index contributed by atoms with van der Waals surface area (Å²) in [4.78, 5) is 46.1. The quantitative estimate of drug-likeness (QED) is 0.177. The number of likely N-dealkylation sites (N-methyl/N-ethyl adjacent to an activating group) is 1. The number of ketones is 1. The molecule has 10 nitrogen and oxygen atoms in total. The second-order valence-electron chi connectivity index (χ2n) is 6.11. The standard InChI is InChI=1S/C14H29N6O4P.C3H8.C2H6/c1-3-16-11(7-19-25)13(23)18-8-12(22)20-10(9(2)21)5-4-6-17-14(15)24;1-3-2;1-2/h10-11,16,19H,3-8,25H2,1-2H3,(H,18,23)(H,20,22)(H3,15,17,24);3H2,1-2H3;1-2H3. The van der Waals surface area contributed by atoms with Crippen molar-refractivity contribution in [3.05, 3.63) is 0 Å². The maximum Gasteiger partial charge on any atom is 0.312 e. The monoisotopic (exact) mass is 450 g/mol. The summed E-state index contributed by atoms with van der Waals surface area (Å²) >= 11 is 0. The number of hydrogen-bond donors (Lipinski definition) is 6. The maximum absolute atomic E-state index is 12.0. The molecule has 0 saturated carbocycles. The molecule has 0 aliphatic heterocycles. The Kier molecular flexibility index (Phi) is 25.8. The fourth-order valence-corrected chi connectivity index (χ4v) is 2.29. The van der Waals surface area contributed by atoms with Gasteiger partial charge in [-0.3, -0.25) is 19.5 Å². The number of Topliss-reactive ketones (excluding diaryl/α,β-unsaturated/α-hetero) is 1. The van der Waals surface area contributed by atoms with Crippen LogP contribution < -0.4 is 32.1 Å². The highest BCUT2D eigenvalue weighted by molar-refractivity contribution is 7.13. The van der Waals surface area contributed by atoms with Gasteiger partial charge in [0.05, 0.1) is 18.6 Å². The summed E-state index contributed by atoms with van der Waals surface area (Å²) in [6, 6.07) is -1.77. The molecule has 0 aliphatic rings. The molecule has 0 fully saturated rings. The first-order valence-electron chi connectivity index (χ1n) is 10.5. The lowest BCUT2D eigenvalue weighted by Gasteiger charge is -2.18. The predicted molar refractivity (Wildman–Crippen MR) is 125 cm³/mol. The van der Waals surface area contributed by atoms with E-state index in [-0.39, 0.29) is 18.2 Å². The van der Waals surface area contributed by atoms with Crippen LogP contribution in [0.5, 0.6) is 0 Å². The molecular weight excluding hydrogens is 407 g/mol. The van der Waals surface area contributed by atoms with Crippen LogP contribution in [0.4, 0.5) is 4.79 Å². The van der Waals surface area contributed by atoms with Crippen molar-refractivity contribution in [1.82, 2.24) is 26.4 Å². The molecule has 0 aromatic carbocycles. The summed E-state index contributed by atoms with van der Waals surface area (Å²) in [6.07, 6.45) is 2.11. The number of carbonyl (C=O) groups excluding carboxylic acids is 4. The molecule has 0 saturated heterocycles. The van der Waals surface area contributed by atoms with Gasteiger partial charge in [-0.1, -0.05) is 50.4 Å². The summed E-state index contributed by atoms with van der Waals surface area (Å²) in [5.41, 5.74) is 4.95. The number of carbonyl (C=O) groups is 4. The molecule has 11 heteroatoms. The lowest BCUT2D eigenvalue weighted by atomic mass is 10.1. The molecule has 0 bridgehead atoms. The van der Waals surface area contributed by atoms with Crippen molar-refractivity contribution in [2.24, 2.45) is 5.73 Å². The van der Waals surface area contributed by atoms with Crippen molar-refractivity contribution in [2.45, 2.75) is 72.9 Å². The summed E-state index contributed by atoms with van der Waals surface area (Å²) in [5, 5.41) is 13.3. The Labute approximate surface area is 183 Å². The van der Waals surface area contributed by atoms with Gasteiger partial charge in [-0.05, 0) is 26.3 Å². The normalized spacial score (nSPS) is 11.4. The number of primary amides is 1. The molecule has 4 amide bonds. The molecule has 0 spiro atoms. The van der Waals surface area contributed by atoms with Crippen LogP contribution in [0.15, 0.2) is 0 Å². The van der Waals surface area contributed by atoms with Crippen LogP contribution in [0.2, 0.25) is 0 Å². The van der Waals surface area contributed by atoms with E-state index in [1.165, 1.54) is 13.3 Å². The highest BCUT2D eigenvalue weighted by atomic mass is 31.0. The van der Waals surface area contributed by atoms with Crippen molar-refractivity contribution in [2.75, 3.05) is 26.2 Å². The lowest BCUT2D eigenvalue weighted by molar-refractivity contribution is -0.129. The van der Waals surface area contributed by atoms with E-state index < -0.39 is 24.0 Å². The topological polar surface area (TPSA) is 154 Å². The van der Waals surface area contributed by atoms with Crippen LogP contribution in [0.3, 0.4) is 0 Å². The van der Waals surface area contributed by atoms with Crippen molar-refractivity contribution in [3.8, 4) is 0 Å². The van der Waals surface area contributed by atoms with E-state index in [0.29, 0.717) is 32.5 Å². The van der Waals surface area contributed by atoms with E-state index in [1.807, 2.05) is 20.8 Å². The highest BCUT2D eigenvalue weighted by Gasteiger charge is 2.19. The largest absolute Gasteiger partial charge is 0.352 e. The number of amides is 4. The molecule has 0 aromatic rings. The number of urea groups is 1. The molecular formula is C19H43N6O4P. The van der Waals surface area contributed by atoms with Gasteiger partial charge in [-0.15, -0.1) is 0 Å². The van der Waals surface area contributed by atoms with Gasteiger partial charge in [-0.25, -0.2) is 4.79 Å². The molecule has 0 aromatic heterocycles. The minimum atomic E-state index is -0.669. The van der Waals surface area contributed by atoms with E-state index >= 15 is 0 Å². The van der Waals surface area contributed by atoms with Crippen LogP contribution in [0.25, 0.3) is 0 Å². The van der Waals surface area contributed by atoms with E-state index in [9.17, 15) is 19.2 Å². The first-order chi connectivity index (χ1) is 14.2. The second-order valence-corrected chi connectivity index (χ2v) is 6.52. The second kappa shape index (κ2) is 23.5. The molecule has 178 valence electrons. The number of nitrogens with one attached hydrogen (secondary N) is 5. The van der Waals surface area contributed by atoms with Crippen LogP contribution in [0.1, 0.15) is 60.8 Å². The number of nitrogens with two attached hydrogens (primary N) is 1. The first kappa shape index (κ1) is 32.9. The molecule has 0 rings (SSSR count). The predicted octanol–water partition coefficient (Wildman–Crippen LogP) is 0.425. The minimum Gasteiger partial charge on any atom is -0.352 e. The Balaban J connectivity index is -0.00000133. The van der Waals surface area contributed by atoms with Crippen LogP contribution in [0, 0.1) is 0 Å². The summed E-state index contributed by atoms with van der Waals surface area (Å²) in [6.45, 7) is 12.6. The fourth-order valence-electron chi connectivity index (χ4n) is 2.05. The maximum atomic E-state index is 12.0. The average molecular weight is 451 g/mol. The summed E-state index contributed by atoms with van der Waals surface area (Å²) < 4.78 is 0. The minimum absolute atomic E-state index is 0.198. The van der Waals surface area contributed by atoms with Gasteiger partial charge in [-0.2, -0.15) is 0 Å². The van der Waals surface area contributed by atoms with Gasteiger partial charge in [0.25, 0.3) is 0 Å². The molecule has 0 heterocycles. The van der Waals surface area contributed by atoms with Gasteiger partial charge < -0.3 is 27.0 Å². The Bertz CT molecular complexity index is 474. The SMILES string of the molecule is CC.CCC.CCNC(CNP)C(=O)NCC(=O)NC(CCCNC(N)=O)C(C)=O. The van der Waals surface area contributed by atoms with Crippen molar-refractivity contribution < 1.29 is 19.2 Å². The molecule has 0 aliphatic carbocycles. The molecule has 30 heavy (non-hydrogen) atoms. The Morgan fingerprint density at radius 3 is 2.00 bits per heavy atom. The molecule has 3 atom stereocenters. The van der Waals surface area contributed by atoms with Crippen molar-refractivity contribution in [3.63, 3.8) is 0 Å². The zero-order valence-electron chi connectivity index (χ0n) is 19.4. The third kappa shape index (κ3) is 21.0. The van der Waals surface area contributed by atoms with Gasteiger partial charge in [0.2, 0.25) is 11.8 Å². The van der Waals surface area contributed by atoms with E-state index in [4.69, 9.17) is 5.73 Å². The summed E-state index contributed by atoms with van der Waals surface area (Å²) in [7, 11) is 2.31. The van der Waals surface area contributed by atoms with Crippen LogP contribution in [-0.2, 0) is 14.4 Å². The van der Waals surface area contributed by atoms with Gasteiger partial charge in [0, 0.05) is 13.1 Å². The average Bonchev–Trinajstić information content (AvgIpc) is 2.70. The molecule has 7 N–H and O–H groups in total. The van der Waals surface area contributed by atoms with E-state index in [2.05, 4.69) is 49.6 Å². The number of hydrogen-bond acceptors (Lipinski definition) is 6. The van der Waals surface area contributed by atoms with Crippen molar-refractivity contribution in [1.29, 1.82) is 0 Å². The third-order valence-corrected chi connectivity index (χ3v) is 3.54. The highest BCUT2D eigenvalue weighted by Crippen LogP contribution is 1.98. The van der Waals surface area contributed by atoms with Gasteiger partial charge >= 0.3 is 6.03 Å². The Morgan fingerprint density at radius 2 is 1.57 bits per heavy atom. The van der Waals surface area contributed by atoms with Crippen molar-refractivity contribution >= 4 is 33.0 Å². The third-order valence-electron chi connectivity index (χ3n) is 3.31. The zero-order valence-corrected chi connectivity index (χ0v) is 20.5. The number of rotatable bonds is 13. The van der Waals surface area contributed by atoms with Gasteiger partial charge in [0.1, 0.15) is 0 Å². The molecule has 0 radical (unpaired) electrons. The summed E-state index contributed by atoms with van der Waals surface area (Å²) in [5.74, 6) is -0.959. The van der Waals surface area contributed by atoms with E-state index in [1.54, 1.807) is 0 Å². The van der Waals surface area contributed by atoms with Crippen LogP contribution in [-0.4, -0.2) is 61.9 Å². The lowest BCUT2D eigenvalue weighted by Crippen LogP contribution is -2.51. The smallest absolute Gasteiger partial charge is 0.312 e. The fraction of sp³-hybridized carbons (Fsp3) is 0.789.